The molecule has 29 heavy (non-hydrogen) atoms. The van der Waals surface area contributed by atoms with E-state index in [1.54, 1.807) is 12.1 Å². The second-order valence-electron chi connectivity index (χ2n) is 8.26. The highest BCUT2D eigenvalue weighted by Crippen LogP contribution is 2.25. The van der Waals surface area contributed by atoms with Crippen LogP contribution in [-0.4, -0.2) is 74.9 Å². The van der Waals surface area contributed by atoms with E-state index in [4.69, 9.17) is 18.7 Å². The van der Waals surface area contributed by atoms with Crippen LogP contribution in [0.3, 0.4) is 0 Å². The SMILES string of the molecule is Cc1ccc(S(=O)(=O)OC[C@H]2O[C@@H](O)[C@H](OOC(C)[Si](C)(C)C)[C@@H](O)[C@@H]2O)cc1. The van der Waals surface area contributed by atoms with E-state index in [2.05, 4.69) is 19.6 Å². The van der Waals surface area contributed by atoms with Crippen LogP contribution in [0, 0.1) is 6.92 Å². The predicted octanol–water partition coefficient (Wildman–Crippen LogP) is 0.722. The first-order chi connectivity index (χ1) is 13.3. The first-order valence-corrected chi connectivity index (χ1v) is 14.3. The monoisotopic (exact) mass is 450 g/mol. The van der Waals surface area contributed by atoms with Crippen LogP contribution in [0.4, 0.5) is 0 Å². The molecule has 1 aromatic carbocycles. The van der Waals surface area contributed by atoms with Crippen LogP contribution in [-0.2, 0) is 28.8 Å². The Morgan fingerprint density at radius 3 is 2.24 bits per heavy atom. The summed E-state index contributed by atoms with van der Waals surface area (Å²) >= 11 is 0. The molecule has 0 bridgehead atoms. The highest BCUT2D eigenvalue weighted by Gasteiger charge is 2.46. The Morgan fingerprint density at radius 1 is 1.10 bits per heavy atom. The normalized spacial score (nSPS) is 29.6. The molecular formula is C18H30O9SSi. The number of aliphatic hydroxyl groups excluding tert-OH is 3. The second kappa shape index (κ2) is 9.50. The molecule has 0 radical (unpaired) electrons. The number of aryl methyl sites for hydroxylation is 1. The molecule has 2 rings (SSSR count). The predicted molar refractivity (Wildman–Crippen MR) is 106 cm³/mol. The molecule has 1 fully saturated rings. The van der Waals surface area contributed by atoms with E-state index >= 15 is 0 Å². The minimum atomic E-state index is -4.09. The van der Waals surface area contributed by atoms with Crippen molar-refractivity contribution in [3.63, 3.8) is 0 Å². The summed E-state index contributed by atoms with van der Waals surface area (Å²) in [6.45, 7) is 9.22. The highest BCUT2D eigenvalue weighted by molar-refractivity contribution is 7.86. The lowest BCUT2D eigenvalue weighted by molar-refractivity contribution is -0.407. The van der Waals surface area contributed by atoms with Gasteiger partial charge in [-0.2, -0.15) is 8.42 Å². The molecule has 9 nitrogen and oxygen atoms in total. The number of hydrogen-bond acceptors (Lipinski definition) is 9. The molecule has 1 saturated heterocycles. The fourth-order valence-corrected chi connectivity index (χ4v) is 3.65. The fourth-order valence-electron chi connectivity index (χ4n) is 2.38. The largest absolute Gasteiger partial charge is 0.387 e. The number of hydrogen-bond donors (Lipinski definition) is 3. The van der Waals surface area contributed by atoms with Crippen LogP contribution in [0.15, 0.2) is 29.2 Å². The third-order valence-electron chi connectivity index (χ3n) is 4.89. The number of rotatable bonds is 8. The van der Waals surface area contributed by atoms with E-state index < -0.39 is 55.5 Å². The first-order valence-electron chi connectivity index (χ1n) is 9.31. The maximum absolute atomic E-state index is 12.3. The Morgan fingerprint density at radius 2 is 1.69 bits per heavy atom. The minimum absolute atomic E-state index is 0.0514. The van der Waals surface area contributed by atoms with E-state index in [1.165, 1.54) is 12.1 Å². The lowest BCUT2D eigenvalue weighted by Crippen LogP contribution is -2.60. The summed E-state index contributed by atoms with van der Waals surface area (Å²) in [6, 6.07) is 6.04. The fraction of sp³-hybridized carbons (Fsp3) is 0.667. The Kier molecular flexibility index (Phi) is 7.98. The average molecular weight is 451 g/mol. The average Bonchev–Trinajstić information content (AvgIpc) is 2.63. The third-order valence-corrected chi connectivity index (χ3v) is 8.72. The van der Waals surface area contributed by atoms with Gasteiger partial charge in [0.05, 0.1) is 25.3 Å². The molecule has 0 aliphatic carbocycles. The van der Waals surface area contributed by atoms with Crippen LogP contribution < -0.4 is 0 Å². The summed E-state index contributed by atoms with van der Waals surface area (Å²) < 4.78 is 34.7. The van der Waals surface area contributed by atoms with Crippen molar-refractivity contribution in [2.75, 3.05) is 6.61 Å². The van der Waals surface area contributed by atoms with Gasteiger partial charge < -0.3 is 20.1 Å². The standard InChI is InChI=1S/C18H30O9SSi/c1-11-6-8-13(9-7-11)28(22,23)24-10-14-15(19)16(20)17(18(21)25-14)27-26-12(2)29(3,4)5/h6-9,12,14-21H,10H2,1-5H3/t12?,14-,15-,16+,17-,18-/m1/s1. The van der Waals surface area contributed by atoms with Crippen molar-refractivity contribution in [2.24, 2.45) is 0 Å². The topological polar surface area (TPSA) is 132 Å². The second-order valence-corrected chi connectivity index (χ2v) is 15.4. The molecule has 6 atom stereocenters. The maximum atomic E-state index is 12.3. The van der Waals surface area contributed by atoms with Gasteiger partial charge in [-0.25, -0.2) is 9.78 Å². The molecule has 0 saturated carbocycles. The van der Waals surface area contributed by atoms with Crippen LogP contribution >= 0.6 is 0 Å². The Hall–Kier alpha value is -0.893. The van der Waals surface area contributed by atoms with Crippen molar-refractivity contribution in [2.45, 2.75) is 74.8 Å². The van der Waals surface area contributed by atoms with E-state index in [-0.39, 0.29) is 10.6 Å². The number of ether oxygens (including phenoxy) is 1. The Labute approximate surface area is 172 Å². The minimum Gasteiger partial charge on any atom is -0.387 e. The lowest BCUT2D eigenvalue weighted by atomic mass is 9.99. The molecule has 11 heteroatoms. The molecule has 0 spiro atoms. The molecule has 0 amide bonds. The molecule has 166 valence electrons. The number of benzene rings is 1. The highest BCUT2D eigenvalue weighted by atomic mass is 32.2. The summed E-state index contributed by atoms with van der Waals surface area (Å²) in [4.78, 5) is 10.4. The molecular weight excluding hydrogens is 420 g/mol. The van der Waals surface area contributed by atoms with E-state index in [0.29, 0.717) is 0 Å². The van der Waals surface area contributed by atoms with Gasteiger partial charge in [-0.15, -0.1) is 0 Å². The summed E-state index contributed by atoms with van der Waals surface area (Å²) in [6.07, 6.45) is -7.40. The van der Waals surface area contributed by atoms with Crippen LogP contribution in [0.5, 0.6) is 0 Å². The van der Waals surface area contributed by atoms with Crippen LogP contribution in [0.2, 0.25) is 19.6 Å². The van der Waals surface area contributed by atoms with E-state index in [0.717, 1.165) is 5.56 Å². The van der Waals surface area contributed by atoms with Crippen LogP contribution in [0.1, 0.15) is 12.5 Å². The van der Waals surface area contributed by atoms with Gasteiger partial charge in [0.15, 0.2) is 12.4 Å². The molecule has 1 aliphatic rings. The van der Waals surface area contributed by atoms with E-state index in [1.807, 2.05) is 13.8 Å². The third kappa shape index (κ3) is 6.29. The summed E-state index contributed by atoms with van der Waals surface area (Å²) in [5.74, 6) is 0. The Bertz CT molecular complexity index is 763. The Balaban J connectivity index is 1.97. The van der Waals surface area contributed by atoms with Crippen LogP contribution in [0.25, 0.3) is 0 Å². The lowest BCUT2D eigenvalue weighted by Gasteiger charge is -2.40. The van der Waals surface area contributed by atoms with Crippen molar-refractivity contribution in [3.8, 4) is 0 Å². The van der Waals surface area contributed by atoms with Gasteiger partial charge in [-0.1, -0.05) is 37.3 Å². The van der Waals surface area contributed by atoms with Gasteiger partial charge in [-0.3, -0.25) is 4.18 Å². The van der Waals surface area contributed by atoms with Crippen molar-refractivity contribution in [3.05, 3.63) is 29.8 Å². The van der Waals surface area contributed by atoms with Gasteiger partial charge in [0.2, 0.25) is 0 Å². The van der Waals surface area contributed by atoms with Crippen molar-refractivity contribution in [1.29, 1.82) is 0 Å². The summed E-state index contributed by atoms with van der Waals surface area (Å²) in [7, 11) is -5.78. The zero-order valence-corrected chi connectivity index (χ0v) is 19.0. The van der Waals surface area contributed by atoms with Gasteiger partial charge in [0, 0.05) is 0 Å². The zero-order valence-electron chi connectivity index (χ0n) is 17.2. The maximum Gasteiger partial charge on any atom is 0.297 e. The zero-order chi connectivity index (χ0) is 22.0. The van der Waals surface area contributed by atoms with Gasteiger partial charge in [0.1, 0.15) is 18.3 Å². The van der Waals surface area contributed by atoms with E-state index in [9.17, 15) is 23.7 Å². The molecule has 1 heterocycles. The summed E-state index contributed by atoms with van der Waals surface area (Å²) in [5, 5.41) is 30.7. The van der Waals surface area contributed by atoms with Crippen molar-refractivity contribution >= 4 is 18.2 Å². The quantitative estimate of drug-likeness (QED) is 0.227. The first kappa shape index (κ1) is 24.4. The van der Waals surface area contributed by atoms with Gasteiger partial charge >= 0.3 is 0 Å². The molecule has 1 aromatic rings. The van der Waals surface area contributed by atoms with Gasteiger partial charge in [-0.05, 0) is 26.0 Å². The smallest absolute Gasteiger partial charge is 0.297 e. The van der Waals surface area contributed by atoms with Crippen molar-refractivity contribution < 1.29 is 42.4 Å². The molecule has 1 aliphatic heterocycles. The number of aliphatic hydroxyl groups is 3. The molecule has 3 N–H and O–H groups in total. The molecule has 0 aromatic heterocycles. The van der Waals surface area contributed by atoms with Gasteiger partial charge in [0.25, 0.3) is 10.1 Å². The summed E-state index contributed by atoms with van der Waals surface area (Å²) in [5.41, 5.74) is 0.651. The van der Waals surface area contributed by atoms with Crippen molar-refractivity contribution in [1.82, 2.24) is 0 Å². The molecule has 1 unspecified atom stereocenters.